The predicted molar refractivity (Wildman–Crippen MR) is 85.6 cm³/mol. The van der Waals surface area contributed by atoms with Crippen molar-refractivity contribution in [2.24, 2.45) is 5.92 Å². The molecule has 120 valence electrons. The Morgan fingerprint density at radius 2 is 2.09 bits per heavy atom. The van der Waals surface area contributed by atoms with E-state index >= 15 is 0 Å². The molecule has 0 bridgehead atoms. The monoisotopic (exact) mass is 322 g/mol. The van der Waals surface area contributed by atoms with Crippen molar-refractivity contribution in [3.63, 3.8) is 0 Å². The number of nitrogens with zero attached hydrogens (tertiary/aromatic N) is 1. The summed E-state index contributed by atoms with van der Waals surface area (Å²) >= 11 is 0. The maximum absolute atomic E-state index is 12.5. The highest BCUT2D eigenvalue weighted by atomic mass is 32.2. The van der Waals surface area contributed by atoms with Crippen LogP contribution in [0, 0.1) is 5.92 Å². The molecule has 0 aliphatic carbocycles. The summed E-state index contributed by atoms with van der Waals surface area (Å²) in [6.07, 6.45) is 1.71. The number of hydrogen-bond acceptors (Lipinski definition) is 3. The summed E-state index contributed by atoms with van der Waals surface area (Å²) in [7, 11) is -3.52. The van der Waals surface area contributed by atoms with Gasteiger partial charge in [-0.25, -0.2) is 13.1 Å². The van der Waals surface area contributed by atoms with E-state index in [4.69, 9.17) is 0 Å². The van der Waals surface area contributed by atoms with Crippen molar-refractivity contribution in [2.45, 2.75) is 44.4 Å². The van der Waals surface area contributed by atoms with Crippen LogP contribution in [-0.4, -0.2) is 27.4 Å². The van der Waals surface area contributed by atoms with Gasteiger partial charge in [0.15, 0.2) is 0 Å². The third kappa shape index (κ3) is 2.44. The Balaban J connectivity index is 2.05. The van der Waals surface area contributed by atoms with E-state index in [1.165, 1.54) is 0 Å². The van der Waals surface area contributed by atoms with Gasteiger partial charge < -0.3 is 4.90 Å². The van der Waals surface area contributed by atoms with Gasteiger partial charge in [0.05, 0.1) is 16.5 Å². The SMILES string of the molecule is CC(C)CNS(=O)(=O)c1cc2c3c(c1)[C@H](C)C(=O)N3CCC2. The Kier molecular flexibility index (Phi) is 3.77. The highest BCUT2D eigenvalue weighted by molar-refractivity contribution is 7.89. The van der Waals surface area contributed by atoms with E-state index in [-0.39, 0.29) is 22.6 Å². The maximum Gasteiger partial charge on any atom is 0.240 e. The zero-order chi connectivity index (χ0) is 16.1. The molecule has 1 atom stereocenters. The molecule has 0 radical (unpaired) electrons. The van der Waals surface area contributed by atoms with Gasteiger partial charge in [0.2, 0.25) is 15.9 Å². The van der Waals surface area contributed by atoms with Gasteiger partial charge in [0.25, 0.3) is 0 Å². The number of hydrogen-bond donors (Lipinski definition) is 1. The minimum atomic E-state index is -3.52. The minimum absolute atomic E-state index is 0.0839. The molecule has 6 heteroatoms. The standard InChI is InChI=1S/C16H22N2O3S/c1-10(2)9-17-22(20,21)13-7-12-5-4-6-18-15(12)14(8-13)11(3)16(18)19/h7-8,10-11,17H,4-6,9H2,1-3H3/t11-/m0/s1. The van der Waals surface area contributed by atoms with Crippen LogP contribution in [-0.2, 0) is 21.2 Å². The molecule has 0 saturated heterocycles. The van der Waals surface area contributed by atoms with E-state index in [9.17, 15) is 13.2 Å². The molecule has 1 amide bonds. The number of benzene rings is 1. The molecule has 1 aromatic rings. The Hall–Kier alpha value is -1.40. The first kappa shape index (κ1) is 15.5. The molecule has 22 heavy (non-hydrogen) atoms. The largest absolute Gasteiger partial charge is 0.311 e. The van der Waals surface area contributed by atoms with Crippen molar-refractivity contribution < 1.29 is 13.2 Å². The molecule has 1 aromatic carbocycles. The van der Waals surface area contributed by atoms with Gasteiger partial charge in [-0.15, -0.1) is 0 Å². The smallest absolute Gasteiger partial charge is 0.240 e. The maximum atomic E-state index is 12.5. The van der Waals surface area contributed by atoms with Crippen molar-refractivity contribution in [2.75, 3.05) is 18.0 Å². The summed E-state index contributed by atoms with van der Waals surface area (Å²) in [6.45, 7) is 6.94. The van der Waals surface area contributed by atoms with Crippen LogP contribution in [0.3, 0.4) is 0 Å². The van der Waals surface area contributed by atoms with Gasteiger partial charge in [0, 0.05) is 13.1 Å². The first-order valence-electron chi connectivity index (χ1n) is 7.79. The molecule has 0 spiro atoms. The normalized spacial score (nSPS) is 20.6. The zero-order valence-electron chi connectivity index (χ0n) is 13.2. The Labute approximate surface area is 131 Å². The van der Waals surface area contributed by atoms with E-state index in [2.05, 4.69) is 4.72 Å². The lowest BCUT2D eigenvalue weighted by molar-refractivity contribution is -0.119. The Morgan fingerprint density at radius 3 is 2.77 bits per heavy atom. The second kappa shape index (κ2) is 5.35. The van der Waals surface area contributed by atoms with Crippen molar-refractivity contribution in [3.05, 3.63) is 23.3 Å². The molecule has 2 aliphatic heterocycles. The summed E-state index contributed by atoms with van der Waals surface area (Å²) in [6, 6.07) is 3.41. The van der Waals surface area contributed by atoms with Crippen LogP contribution < -0.4 is 9.62 Å². The lowest BCUT2D eigenvalue weighted by Gasteiger charge is -2.26. The van der Waals surface area contributed by atoms with Crippen molar-refractivity contribution >= 4 is 21.6 Å². The van der Waals surface area contributed by atoms with Gasteiger partial charge in [-0.05, 0) is 48.9 Å². The fraction of sp³-hybridized carbons (Fsp3) is 0.562. The van der Waals surface area contributed by atoms with E-state index in [1.807, 2.05) is 25.7 Å². The molecule has 1 N–H and O–H groups in total. The Morgan fingerprint density at radius 1 is 1.36 bits per heavy atom. The highest BCUT2D eigenvalue weighted by Crippen LogP contribution is 2.43. The molecule has 0 aromatic heterocycles. The second-order valence-electron chi connectivity index (χ2n) is 6.58. The summed E-state index contributed by atoms with van der Waals surface area (Å²) in [4.78, 5) is 14.4. The van der Waals surface area contributed by atoms with Gasteiger partial charge in [-0.3, -0.25) is 4.79 Å². The molecular weight excluding hydrogens is 300 g/mol. The fourth-order valence-electron chi connectivity index (χ4n) is 3.18. The average molecular weight is 322 g/mol. The van der Waals surface area contributed by atoms with Crippen molar-refractivity contribution in [3.8, 4) is 0 Å². The van der Waals surface area contributed by atoms with Crippen LogP contribution in [0.5, 0.6) is 0 Å². The number of carbonyl (C=O) groups excluding carboxylic acids is 1. The van der Waals surface area contributed by atoms with Gasteiger partial charge >= 0.3 is 0 Å². The molecule has 5 nitrogen and oxygen atoms in total. The quantitative estimate of drug-likeness (QED) is 0.922. The number of anilines is 1. The first-order valence-corrected chi connectivity index (χ1v) is 9.27. The predicted octanol–water partition coefficient (Wildman–Crippen LogP) is 2.02. The van der Waals surface area contributed by atoms with E-state index in [0.717, 1.165) is 36.2 Å². The third-order valence-corrected chi connectivity index (χ3v) is 5.79. The lowest BCUT2D eigenvalue weighted by Crippen LogP contribution is -2.32. The number of rotatable bonds is 4. The zero-order valence-corrected chi connectivity index (χ0v) is 14.0. The summed E-state index contributed by atoms with van der Waals surface area (Å²) in [5.74, 6) is 0.0753. The number of nitrogens with one attached hydrogen (secondary N) is 1. The molecule has 2 heterocycles. The number of carbonyl (C=O) groups is 1. The summed E-state index contributed by atoms with van der Waals surface area (Å²) in [5.41, 5.74) is 2.78. The summed E-state index contributed by atoms with van der Waals surface area (Å²) < 4.78 is 27.6. The molecule has 0 fully saturated rings. The third-order valence-electron chi connectivity index (χ3n) is 4.38. The van der Waals surface area contributed by atoms with Crippen molar-refractivity contribution in [1.29, 1.82) is 0 Å². The van der Waals surface area contributed by atoms with Crippen LogP contribution >= 0.6 is 0 Å². The van der Waals surface area contributed by atoms with Crippen LogP contribution in [0.2, 0.25) is 0 Å². The Bertz CT molecular complexity index is 725. The number of amides is 1. The van der Waals surface area contributed by atoms with E-state index in [0.29, 0.717) is 6.54 Å². The molecule has 3 rings (SSSR count). The highest BCUT2D eigenvalue weighted by Gasteiger charge is 2.38. The van der Waals surface area contributed by atoms with Crippen LogP contribution in [0.25, 0.3) is 0 Å². The van der Waals surface area contributed by atoms with Crippen molar-refractivity contribution in [1.82, 2.24) is 4.72 Å². The summed E-state index contributed by atoms with van der Waals surface area (Å²) in [5, 5.41) is 0. The molecule has 2 aliphatic rings. The van der Waals surface area contributed by atoms with Crippen LogP contribution in [0.4, 0.5) is 5.69 Å². The lowest BCUT2D eigenvalue weighted by atomic mass is 9.97. The molecule has 0 unspecified atom stereocenters. The minimum Gasteiger partial charge on any atom is -0.311 e. The van der Waals surface area contributed by atoms with Gasteiger partial charge in [-0.1, -0.05) is 13.8 Å². The topological polar surface area (TPSA) is 66.5 Å². The fourth-order valence-corrected chi connectivity index (χ4v) is 4.48. The average Bonchev–Trinajstić information content (AvgIpc) is 2.72. The number of aryl methyl sites for hydroxylation is 1. The second-order valence-corrected chi connectivity index (χ2v) is 8.35. The van der Waals surface area contributed by atoms with Crippen LogP contribution in [0.1, 0.15) is 44.2 Å². The van der Waals surface area contributed by atoms with Gasteiger partial charge in [-0.2, -0.15) is 0 Å². The van der Waals surface area contributed by atoms with E-state index in [1.54, 1.807) is 12.1 Å². The molecule has 0 saturated carbocycles. The van der Waals surface area contributed by atoms with E-state index < -0.39 is 10.0 Å². The number of sulfonamides is 1. The van der Waals surface area contributed by atoms with Gasteiger partial charge in [0.1, 0.15) is 0 Å². The van der Waals surface area contributed by atoms with Crippen LogP contribution in [0.15, 0.2) is 17.0 Å². The first-order chi connectivity index (χ1) is 10.3. The molecular formula is C16H22N2O3S.